The van der Waals surface area contributed by atoms with Crippen molar-refractivity contribution in [2.24, 2.45) is 5.92 Å². The fourth-order valence-electron chi connectivity index (χ4n) is 1.91. The molecule has 0 aliphatic rings. The lowest BCUT2D eigenvalue weighted by atomic mass is 10.1. The Hall–Kier alpha value is -1.23. The second kappa shape index (κ2) is 5.91. The van der Waals surface area contributed by atoms with Gasteiger partial charge in [0.15, 0.2) is 0 Å². The van der Waals surface area contributed by atoms with Crippen LogP contribution in [-0.2, 0) is 24.4 Å². The van der Waals surface area contributed by atoms with Crippen LogP contribution >= 0.6 is 0 Å². The van der Waals surface area contributed by atoms with Crippen LogP contribution in [0.25, 0.3) is 0 Å². The molecule has 5 nitrogen and oxygen atoms in total. The summed E-state index contributed by atoms with van der Waals surface area (Å²) in [5.41, 5.74) is 6.84. The van der Waals surface area contributed by atoms with Crippen molar-refractivity contribution in [3.05, 3.63) is 16.0 Å². The van der Waals surface area contributed by atoms with Crippen LogP contribution in [0.3, 0.4) is 0 Å². The number of ether oxygens (including phenoxy) is 1. The highest BCUT2D eigenvalue weighted by atomic mass is 16.5. The minimum absolute atomic E-state index is 0.0976. The van der Waals surface area contributed by atoms with Crippen molar-refractivity contribution in [1.29, 1.82) is 0 Å². The van der Waals surface area contributed by atoms with Crippen LogP contribution in [0, 0.1) is 5.92 Å². The Morgan fingerprint density at radius 2 is 2.00 bits per heavy atom. The molecular formula is C12H23N3O2. The molecule has 0 atom stereocenters. The lowest BCUT2D eigenvalue weighted by Crippen LogP contribution is -2.24. The molecular weight excluding hydrogens is 218 g/mol. The average molecular weight is 241 g/mol. The largest absolute Gasteiger partial charge is 0.393 e. The zero-order valence-corrected chi connectivity index (χ0v) is 11.2. The number of nitrogen functional groups attached to an aromatic ring is 1. The Kier molecular flexibility index (Phi) is 4.81. The normalized spacial score (nSPS) is 11.4. The third-order valence-corrected chi connectivity index (χ3v) is 2.88. The van der Waals surface area contributed by atoms with E-state index in [0.717, 1.165) is 18.7 Å². The molecule has 0 aromatic carbocycles. The van der Waals surface area contributed by atoms with Gasteiger partial charge < -0.3 is 10.5 Å². The fourth-order valence-corrected chi connectivity index (χ4v) is 1.91. The van der Waals surface area contributed by atoms with Crippen molar-refractivity contribution >= 4 is 5.69 Å². The van der Waals surface area contributed by atoms with Crippen molar-refractivity contribution < 1.29 is 4.74 Å². The molecule has 1 heterocycles. The number of hydrogen-bond donors (Lipinski definition) is 1. The van der Waals surface area contributed by atoms with Crippen molar-refractivity contribution in [1.82, 2.24) is 9.36 Å². The zero-order chi connectivity index (χ0) is 13.0. The van der Waals surface area contributed by atoms with Gasteiger partial charge in [0.25, 0.3) is 5.56 Å². The van der Waals surface area contributed by atoms with Gasteiger partial charge in [0.05, 0.1) is 12.3 Å². The number of aromatic nitrogens is 2. The summed E-state index contributed by atoms with van der Waals surface area (Å²) in [6.07, 6.45) is 0.968. The van der Waals surface area contributed by atoms with Gasteiger partial charge in [-0.05, 0) is 19.3 Å². The maximum atomic E-state index is 12.0. The average Bonchev–Trinajstić information content (AvgIpc) is 2.51. The standard InChI is InChI=1S/C12H23N3O2/c1-5-14-10(8-17-4)11(13)12(16)15(14)7-6-9(2)3/h9H,5-8,13H2,1-4H3. The molecule has 17 heavy (non-hydrogen) atoms. The van der Waals surface area contributed by atoms with E-state index in [-0.39, 0.29) is 5.56 Å². The second-order valence-electron chi connectivity index (χ2n) is 4.62. The van der Waals surface area contributed by atoms with Crippen molar-refractivity contribution in [3.63, 3.8) is 0 Å². The monoisotopic (exact) mass is 241 g/mol. The lowest BCUT2D eigenvalue weighted by Gasteiger charge is -2.13. The number of nitrogens with zero attached hydrogens (tertiary/aromatic N) is 2. The van der Waals surface area contributed by atoms with Crippen LogP contribution in [0.4, 0.5) is 5.69 Å². The van der Waals surface area contributed by atoms with E-state index < -0.39 is 0 Å². The van der Waals surface area contributed by atoms with Gasteiger partial charge in [0.2, 0.25) is 0 Å². The van der Waals surface area contributed by atoms with Gasteiger partial charge in [0, 0.05) is 20.2 Å². The Labute approximate surface area is 102 Å². The summed E-state index contributed by atoms with van der Waals surface area (Å²) in [6, 6.07) is 0. The van der Waals surface area contributed by atoms with E-state index in [1.807, 2.05) is 11.6 Å². The third kappa shape index (κ3) is 2.91. The number of hydrogen-bond acceptors (Lipinski definition) is 3. The summed E-state index contributed by atoms with van der Waals surface area (Å²) < 4.78 is 8.74. The molecule has 5 heteroatoms. The van der Waals surface area contributed by atoms with Crippen LogP contribution in [0.5, 0.6) is 0 Å². The quantitative estimate of drug-likeness (QED) is 0.819. The molecule has 0 fully saturated rings. The number of rotatable bonds is 6. The predicted octanol–water partition coefficient (Wildman–Crippen LogP) is 1.44. The SMILES string of the molecule is CCn1c(COC)c(N)c(=O)n1CCC(C)C. The number of nitrogens with two attached hydrogens (primary N) is 1. The van der Waals surface area contributed by atoms with Crippen molar-refractivity contribution in [2.75, 3.05) is 12.8 Å². The molecule has 1 rings (SSSR count). The highest BCUT2D eigenvalue weighted by Gasteiger charge is 2.16. The van der Waals surface area contributed by atoms with E-state index >= 15 is 0 Å². The Morgan fingerprint density at radius 1 is 1.35 bits per heavy atom. The highest BCUT2D eigenvalue weighted by molar-refractivity contribution is 5.41. The zero-order valence-electron chi connectivity index (χ0n) is 11.2. The molecule has 0 aliphatic carbocycles. The maximum absolute atomic E-state index is 12.0. The maximum Gasteiger partial charge on any atom is 0.290 e. The van der Waals surface area contributed by atoms with E-state index in [1.165, 1.54) is 0 Å². The third-order valence-electron chi connectivity index (χ3n) is 2.88. The lowest BCUT2D eigenvalue weighted by molar-refractivity contribution is 0.175. The van der Waals surface area contributed by atoms with Gasteiger partial charge in [-0.25, -0.2) is 4.68 Å². The van der Waals surface area contributed by atoms with Crippen LogP contribution in [0.15, 0.2) is 4.79 Å². The molecule has 1 aromatic heterocycles. The molecule has 0 saturated heterocycles. The molecule has 0 unspecified atom stereocenters. The first kappa shape index (κ1) is 13.8. The van der Waals surface area contributed by atoms with Crippen LogP contribution in [-0.4, -0.2) is 16.5 Å². The summed E-state index contributed by atoms with van der Waals surface area (Å²) >= 11 is 0. The minimum Gasteiger partial charge on any atom is -0.393 e. The van der Waals surface area contributed by atoms with Gasteiger partial charge in [-0.1, -0.05) is 13.8 Å². The molecule has 0 spiro atoms. The van der Waals surface area contributed by atoms with Gasteiger partial charge in [-0.3, -0.25) is 9.48 Å². The van der Waals surface area contributed by atoms with E-state index in [9.17, 15) is 4.79 Å². The minimum atomic E-state index is -0.0976. The van der Waals surface area contributed by atoms with Gasteiger partial charge >= 0.3 is 0 Å². The predicted molar refractivity (Wildman–Crippen MR) is 68.9 cm³/mol. The molecule has 0 bridgehead atoms. The van der Waals surface area contributed by atoms with E-state index in [0.29, 0.717) is 24.8 Å². The summed E-state index contributed by atoms with van der Waals surface area (Å²) in [6.45, 7) is 8.10. The fraction of sp³-hybridized carbons (Fsp3) is 0.750. The first-order valence-electron chi connectivity index (χ1n) is 6.09. The Balaban J connectivity index is 3.10. The Bertz CT molecular complexity index is 418. The smallest absolute Gasteiger partial charge is 0.290 e. The molecule has 0 amide bonds. The summed E-state index contributed by atoms with van der Waals surface area (Å²) in [5.74, 6) is 0.564. The molecule has 0 aliphatic heterocycles. The van der Waals surface area contributed by atoms with Gasteiger partial charge in [0.1, 0.15) is 5.69 Å². The number of methoxy groups -OCH3 is 1. The van der Waals surface area contributed by atoms with Crippen molar-refractivity contribution in [3.8, 4) is 0 Å². The summed E-state index contributed by atoms with van der Waals surface area (Å²) in [4.78, 5) is 12.0. The molecule has 1 aromatic rings. The van der Waals surface area contributed by atoms with Crippen LogP contribution in [0.2, 0.25) is 0 Å². The van der Waals surface area contributed by atoms with E-state index in [4.69, 9.17) is 10.5 Å². The van der Waals surface area contributed by atoms with Gasteiger partial charge in [-0.15, -0.1) is 0 Å². The Morgan fingerprint density at radius 3 is 2.47 bits per heavy atom. The molecule has 2 N–H and O–H groups in total. The van der Waals surface area contributed by atoms with Crippen LogP contribution < -0.4 is 11.3 Å². The first-order chi connectivity index (χ1) is 8.02. The highest BCUT2D eigenvalue weighted by Crippen LogP contribution is 2.11. The molecule has 0 saturated carbocycles. The molecule has 98 valence electrons. The molecule has 0 radical (unpaired) electrons. The van der Waals surface area contributed by atoms with Crippen molar-refractivity contribution in [2.45, 2.75) is 46.9 Å². The topological polar surface area (TPSA) is 62.2 Å². The van der Waals surface area contributed by atoms with E-state index in [1.54, 1.807) is 11.8 Å². The van der Waals surface area contributed by atoms with Crippen LogP contribution in [0.1, 0.15) is 32.9 Å². The first-order valence-corrected chi connectivity index (χ1v) is 6.09. The summed E-state index contributed by atoms with van der Waals surface area (Å²) in [7, 11) is 1.61. The van der Waals surface area contributed by atoms with E-state index in [2.05, 4.69) is 13.8 Å². The summed E-state index contributed by atoms with van der Waals surface area (Å²) in [5, 5.41) is 0. The number of anilines is 1. The second-order valence-corrected chi connectivity index (χ2v) is 4.62. The van der Waals surface area contributed by atoms with Gasteiger partial charge in [-0.2, -0.15) is 0 Å².